The average molecular weight is 483 g/mol. The number of hydrogen-bond acceptors (Lipinski definition) is 4. The van der Waals surface area contributed by atoms with Crippen molar-refractivity contribution < 1.29 is 15.0 Å². The number of carbonyl (C=O) groups is 1. The van der Waals surface area contributed by atoms with Crippen molar-refractivity contribution in [1.82, 2.24) is 10.3 Å². The second kappa shape index (κ2) is 9.78. The van der Waals surface area contributed by atoms with Crippen molar-refractivity contribution in [2.75, 3.05) is 0 Å². The summed E-state index contributed by atoms with van der Waals surface area (Å²) in [6.07, 6.45) is 11.6. The maximum Gasteiger partial charge on any atom is 0.220 e. The third-order valence-electron chi connectivity index (χ3n) is 11.5. The average Bonchev–Trinajstić information content (AvgIpc) is 3.22. The van der Waals surface area contributed by atoms with Crippen molar-refractivity contribution in [2.24, 2.45) is 46.3 Å². The minimum absolute atomic E-state index is 0.0393. The number of nitrogens with zero attached hydrogens (tertiary/aromatic N) is 1. The molecule has 5 rings (SSSR count). The smallest absolute Gasteiger partial charge is 0.220 e. The molecular formula is C30H46N2O3. The second-order valence-electron chi connectivity index (χ2n) is 13.0. The largest absolute Gasteiger partial charge is 0.393 e. The van der Waals surface area contributed by atoms with Gasteiger partial charge < -0.3 is 15.5 Å². The van der Waals surface area contributed by atoms with Crippen LogP contribution in [0.25, 0.3) is 0 Å². The van der Waals surface area contributed by atoms with Crippen molar-refractivity contribution in [3.05, 3.63) is 30.1 Å². The molecule has 0 radical (unpaired) electrons. The number of aliphatic hydroxyl groups is 2. The van der Waals surface area contributed by atoms with Gasteiger partial charge in [0.05, 0.1) is 24.4 Å². The van der Waals surface area contributed by atoms with E-state index < -0.39 is 0 Å². The van der Waals surface area contributed by atoms with E-state index in [2.05, 4.69) is 31.1 Å². The van der Waals surface area contributed by atoms with Gasteiger partial charge in [-0.1, -0.05) is 26.8 Å². The van der Waals surface area contributed by atoms with Crippen molar-refractivity contribution in [1.29, 1.82) is 0 Å². The second-order valence-corrected chi connectivity index (χ2v) is 13.0. The van der Waals surface area contributed by atoms with E-state index in [9.17, 15) is 15.0 Å². The summed E-state index contributed by atoms with van der Waals surface area (Å²) in [5.74, 6) is 3.50. The van der Waals surface area contributed by atoms with Gasteiger partial charge in [-0.05, 0) is 116 Å². The molecular weight excluding hydrogens is 436 g/mol. The van der Waals surface area contributed by atoms with Crippen LogP contribution in [0.2, 0.25) is 0 Å². The Morgan fingerprint density at radius 2 is 1.94 bits per heavy atom. The fourth-order valence-electron chi connectivity index (χ4n) is 9.50. The van der Waals surface area contributed by atoms with Crippen LogP contribution in [0.5, 0.6) is 0 Å². The Bertz CT molecular complexity index is 893. The number of rotatable bonds is 6. The highest BCUT2D eigenvalue weighted by Crippen LogP contribution is 2.68. The van der Waals surface area contributed by atoms with Gasteiger partial charge in [0.1, 0.15) is 0 Å². The summed E-state index contributed by atoms with van der Waals surface area (Å²) in [6.45, 7) is 7.65. The summed E-state index contributed by atoms with van der Waals surface area (Å²) in [4.78, 5) is 16.8. The van der Waals surface area contributed by atoms with E-state index in [0.29, 0.717) is 48.5 Å². The lowest BCUT2D eigenvalue weighted by molar-refractivity contribution is -0.174. The molecule has 35 heavy (non-hydrogen) atoms. The topological polar surface area (TPSA) is 82.5 Å². The molecule has 4 fully saturated rings. The maximum atomic E-state index is 12.5. The Hall–Kier alpha value is -1.46. The molecule has 0 saturated heterocycles. The van der Waals surface area contributed by atoms with Gasteiger partial charge in [-0.25, -0.2) is 0 Å². The quantitative estimate of drug-likeness (QED) is 0.527. The van der Waals surface area contributed by atoms with Gasteiger partial charge in [-0.2, -0.15) is 0 Å². The maximum absolute atomic E-state index is 12.5. The predicted molar refractivity (Wildman–Crippen MR) is 137 cm³/mol. The zero-order valence-electron chi connectivity index (χ0n) is 22.0. The zero-order chi connectivity index (χ0) is 24.8. The monoisotopic (exact) mass is 482 g/mol. The molecule has 0 aromatic carbocycles. The Balaban J connectivity index is 1.22. The summed E-state index contributed by atoms with van der Waals surface area (Å²) >= 11 is 0. The molecule has 1 heterocycles. The highest BCUT2D eigenvalue weighted by molar-refractivity contribution is 5.75. The van der Waals surface area contributed by atoms with Crippen LogP contribution in [0.15, 0.2) is 24.4 Å². The van der Waals surface area contributed by atoms with Gasteiger partial charge in [0.25, 0.3) is 0 Å². The Morgan fingerprint density at radius 1 is 1.11 bits per heavy atom. The minimum Gasteiger partial charge on any atom is -0.393 e. The molecule has 3 N–H and O–H groups in total. The molecule has 4 saturated carbocycles. The Morgan fingerprint density at radius 3 is 2.71 bits per heavy atom. The minimum atomic E-state index is -0.260. The molecule has 5 nitrogen and oxygen atoms in total. The lowest BCUT2D eigenvalue weighted by Gasteiger charge is -2.62. The Labute approximate surface area is 211 Å². The molecule has 1 amide bonds. The van der Waals surface area contributed by atoms with Crippen LogP contribution in [0.3, 0.4) is 0 Å². The first-order chi connectivity index (χ1) is 16.7. The fraction of sp³-hybridized carbons (Fsp3) is 0.800. The molecule has 4 aliphatic carbocycles. The van der Waals surface area contributed by atoms with Gasteiger partial charge in [-0.3, -0.25) is 9.78 Å². The third-order valence-corrected chi connectivity index (χ3v) is 11.5. The van der Waals surface area contributed by atoms with E-state index in [0.717, 1.165) is 37.8 Å². The number of pyridine rings is 1. The summed E-state index contributed by atoms with van der Waals surface area (Å²) in [6, 6.07) is 5.76. The Kier molecular flexibility index (Phi) is 7.04. The molecule has 1 aromatic rings. The van der Waals surface area contributed by atoms with E-state index in [4.69, 9.17) is 0 Å². The van der Waals surface area contributed by atoms with Gasteiger partial charge in [0.2, 0.25) is 5.91 Å². The number of fused-ring (bicyclic) bond motifs is 5. The number of nitrogens with one attached hydrogen (secondary N) is 1. The first-order valence-corrected chi connectivity index (χ1v) is 14.3. The van der Waals surface area contributed by atoms with Gasteiger partial charge >= 0.3 is 0 Å². The predicted octanol–water partition coefficient (Wildman–Crippen LogP) is 5.10. The number of amides is 1. The molecule has 5 heteroatoms. The lowest BCUT2D eigenvalue weighted by Crippen LogP contribution is -2.58. The van der Waals surface area contributed by atoms with Gasteiger partial charge in [0, 0.05) is 12.6 Å². The number of hydrogen-bond donors (Lipinski definition) is 3. The number of aliphatic hydroxyl groups excluding tert-OH is 2. The molecule has 0 unspecified atom stereocenters. The van der Waals surface area contributed by atoms with Crippen LogP contribution in [-0.4, -0.2) is 33.3 Å². The van der Waals surface area contributed by atoms with E-state index >= 15 is 0 Å². The molecule has 10 atom stereocenters. The summed E-state index contributed by atoms with van der Waals surface area (Å²) < 4.78 is 0. The molecule has 1 aromatic heterocycles. The molecule has 0 spiro atoms. The van der Waals surface area contributed by atoms with Crippen molar-refractivity contribution in [2.45, 2.75) is 104 Å². The van der Waals surface area contributed by atoms with Crippen molar-refractivity contribution in [3.63, 3.8) is 0 Å². The SMILES string of the molecule is C[C@H](CCC(=O)NCc1ccccn1)[C@H]1CC[C@H]2[C@@H]3CC[C@@H]4C[C@H](O)CC[C@]4(C)[C@H]3C[C@H](O)[C@]12C. The fourth-order valence-corrected chi connectivity index (χ4v) is 9.50. The van der Waals surface area contributed by atoms with Crippen LogP contribution in [0.4, 0.5) is 0 Å². The molecule has 0 aliphatic heterocycles. The van der Waals surface area contributed by atoms with Crippen molar-refractivity contribution in [3.8, 4) is 0 Å². The van der Waals surface area contributed by atoms with Gasteiger partial charge in [0.15, 0.2) is 0 Å². The summed E-state index contributed by atoms with van der Waals surface area (Å²) in [7, 11) is 0. The number of aromatic nitrogens is 1. The van der Waals surface area contributed by atoms with Crippen LogP contribution >= 0.6 is 0 Å². The first kappa shape index (κ1) is 25.2. The first-order valence-electron chi connectivity index (χ1n) is 14.3. The van der Waals surface area contributed by atoms with E-state index in [1.165, 1.54) is 25.7 Å². The highest BCUT2D eigenvalue weighted by Gasteiger charge is 2.63. The van der Waals surface area contributed by atoms with Crippen LogP contribution in [0.1, 0.15) is 90.7 Å². The van der Waals surface area contributed by atoms with Crippen LogP contribution in [-0.2, 0) is 11.3 Å². The standard InChI is InChI=1S/C30H46N2O3/c1-19(7-12-28(35)32-18-21-6-4-5-15-31-21)24-10-11-25-23-9-8-20-16-22(33)13-14-29(20,2)26(23)17-27(34)30(24,25)3/h4-6,15,19-20,22-27,33-34H,7-14,16-18H2,1-3H3,(H,32,35)/t19-,20-,22-,23+,24-,25+,26+,27+,29+,30-/m1/s1. The molecule has 0 bridgehead atoms. The highest BCUT2D eigenvalue weighted by atomic mass is 16.3. The van der Waals surface area contributed by atoms with E-state index in [1.54, 1.807) is 6.20 Å². The summed E-state index contributed by atoms with van der Waals surface area (Å²) in [5.41, 5.74) is 1.12. The summed E-state index contributed by atoms with van der Waals surface area (Å²) in [5, 5.41) is 25.0. The third kappa shape index (κ3) is 4.45. The number of carbonyl (C=O) groups excluding carboxylic acids is 1. The molecule has 4 aliphatic rings. The van der Waals surface area contributed by atoms with E-state index in [-0.39, 0.29) is 28.9 Å². The zero-order valence-corrected chi connectivity index (χ0v) is 22.0. The van der Waals surface area contributed by atoms with Crippen LogP contribution < -0.4 is 5.32 Å². The van der Waals surface area contributed by atoms with Gasteiger partial charge in [-0.15, -0.1) is 0 Å². The van der Waals surface area contributed by atoms with Crippen molar-refractivity contribution >= 4 is 5.91 Å². The normalized spacial score (nSPS) is 43.5. The van der Waals surface area contributed by atoms with Crippen LogP contribution in [0, 0.1) is 46.3 Å². The van der Waals surface area contributed by atoms with E-state index in [1.807, 2.05) is 18.2 Å². The lowest BCUT2D eigenvalue weighted by atomic mass is 9.43. The molecule has 194 valence electrons.